The minimum Gasteiger partial charge on any atom is -0.477 e. The summed E-state index contributed by atoms with van der Waals surface area (Å²) in [6.07, 6.45) is 1.46. The Balaban J connectivity index is 2.29. The third kappa shape index (κ3) is 2.92. The van der Waals surface area contributed by atoms with Gasteiger partial charge in [0.2, 0.25) is 10.0 Å². The van der Waals surface area contributed by atoms with Crippen LogP contribution in [-0.4, -0.2) is 19.5 Å². The minimum atomic E-state index is -3.79. The molecule has 108 valence electrons. The Morgan fingerprint density at radius 1 is 1.50 bits per heavy atom. The first-order valence-corrected chi connectivity index (χ1v) is 8.00. The first kappa shape index (κ1) is 14.8. The molecule has 2 aromatic rings. The van der Waals surface area contributed by atoms with E-state index in [1.54, 1.807) is 26.0 Å². The summed E-state index contributed by atoms with van der Waals surface area (Å²) in [7, 11) is -3.79. The molecule has 2 heterocycles. The molecule has 2 rings (SSSR count). The zero-order chi connectivity index (χ0) is 14.9. The van der Waals surface area contributed by atoms with Crippen molar-refractivity contribution in [2.75, 3.05) is 0 Å². The van der Waals surface area contributed by atoms with Crippen LogP contribution in [0.1, 0.15) is 33.3 Å². The maximum Gasteiger partial charge on any atom is 0.345 e. The molecule has 0 spiro atoms. The van der Waals surface area contributed by atoms with Crippen molar-refractivity contribution in [3.63, 3.8) is 0 Å². The van der Waals surface area contributed by atoms with E-state index >= 15 is 0 Å². The maximum atomic E-state index is 12.3. The second-order valence-corrected chi connectivity index (χ2v) is 7.13. The van der Waals surface area contributed by atoms with Crippen molar-refractivity contribution < 1.29 is 22.7 Å². The van der Waals surface area contributed by atoms with Crippen molar-refractivity contribution in [3.8, 4) is 0 Å². The summed E-state index contributed by atoms with van der Waals surface area (Å²) in [4.78, 5) is 11.3. The van der Waals surface area contributed by atoms with Gasteiger partial charge < -0.3 is 9.52 Å². The topological polar surface area (TPSA) is 96.6 Å². The van der Waals surface area contributed by atoms with Crippen LogP contribution in [-0.2, 0) is 10.0 Å². The largest absolute Gasteiger partial charge is 0.477 e. The molecule has 0 saturated carbocycles. The fourth-order valence-corrected chi connectivity index (χ4v) is 4.37. The highest BCUT2D eigenvalue weighted by Gasteiger charge is 2.25. The van der Waals surface area contributed by atoms with Gasteiger partial charge in [0.25, 0.3) is 0 Å². The monoisotopic (exact) mass is 315 g/mol. The van der Waals surface area contributed by atoms with Crippen LogP contribution in [0.3, 0.4) is 0 Å². The highest BCUT2D eigenvalue weighted by atomic mass is 32.2. The Bertz CT molecular complexity index is 715. The number of thiophene rings is 1. The molecule has 20 heavy (non-hydrogen) atoms. The van der Waals surface area contributed by atoms with Crippen molar-refractivity contribution in [1.29, 1.82) is 0 Å². The molecule has 0 amide bonds. The Morgan fingerprint density at radius 2 is 2.20 bits per heavy atom. The SMILES string of the molecule is Cc1sc(C(=O)O)cc1S(=O)(=O)N[C@@H](C)c1ccco1. The van der Waals surface area contributed by atoms with Crippen molar-refractivity contribution in [3.05, 3.63) is 40.0 Å². The Hall–Kier alpha value is -1.64. The number of sulfonamides is 1. The summed E-state index contributed by atoms with van der Waals surface area (Å²) in [5.41, 5.74) is 0. The summed E-state index contributed by atoms with van der Waals surface area (Å²) in [6, 6.07) is 3.96. The van der Waals surface area contributed by atoms with Crippen LogP contribution in [0.15, 0.2) is 33.8 Å². The van der Waals surface area contributed by atoms with Crippen LogP contribution >= 0.6 is 11.3 Å². The number of carbonyl (C=O) groups is 1. The number of nitrogens with one attached hydrogen (secondary N) is 1. The average Bonchev–Trinajstić information content (AvgIpc) is 2.96. The lowest BCUT2D eigenvalue weighted by atomic mass is 10.3. The lowest BCUT2D eigenvalue weighted by molar-refractivity contribution is 0.0702. The van der Waals surface area contributed by atoms with Crippen LogP contribution < -0.4 is 4.72 Å². The number of aromatic carboxylic acids is 1. The number of carboxylic acid groups (broad SMARTS) is 1. The number of hydrogen-bond acceptors (Lipinski definition) is 5. The van der Waals surface area contributed by atoms with E-state index in [4.69, 9.17) is 9.52 Å². The molecule has 2 N–H and O–H groups in total. The van der Waals surface area contributed by atoms with E-state index in [0.717, 1.165) is 11.3 Å². The van der Waals surface area contributed by atoms with E-state index in [2.05, 4.69) is 4.72 Å². The van der Waals surface area contributed by atoms with Gasteiger partial charge in [0.15, 0.2) is 0 Å². The van der Waals surface area contributed by atoms with E-state index in [9.17, 15) is 13.2 Å². The Labute approximate surface area is 120 Å². The van der Waals surface area contributed by atoms with Gasteiger partial charge in [-0.2, -0.15) is 0 Å². The molecular formula is C12H13NO5S2. The van der Waals surface area contributed by atoms with Crippen LogP contribution in [0.5, 0.6) is 0 Å². The number of rotatable bonds is 5. The highest BCUT2D eigenvalue weighted by molar-refractivity contribution is 7.89. The van der Waals surface area contributed by atoms with E-state index < -0.39 is 22.0 Å². The summed E-state index contributed by atoms with van der Waals surface area (Å²) in [5.74, 6) is -0.654. The molecule has 0 bridgehead atoms. The van der Waals surface area contributed by atoms with Crippen molar-refractivity contribution in [2.24, 2.45) is 0 Å². The van der Waals surface area contributed by atoms with Gasteiger partial charge in [-0.1, -0.05) is 0 Å². The van der Waals surface area contributed by atoms with Crippen LogP contribution in [0, 0.1) is 6.92 Å². The third-order valence-electron chi connectivity index (χ3n) is 2.67. The summed E-state index contributed by atoms with van der Waals surface area (Å²) >= 11 is 0.932. The van der Waals surface area contributed by atoms with Gasteiger partial charge in [0.05, 0.1) is 17.2 Å². The summed E-state index contributed by atoms with van der Waals surface area (Å²) < 4.78 is 32.1. The van der Waals surface area contributed by atoms with Gasteiger partial charge >= 0.3 is 5.97 Å². The van der Waals surface area contributed by atoms with E-state index in [1.165, 1.54) is 12.3 Å². The standard InChI is InChI=1S/C12H13NO5S2/c1-7(9-4-3-5-18-9)13-20(16,17)11-6-10(12(14)15)19-8(11)2/h3-7,13H,1-2H3,(H,14,15)/t7-/m0/s1. The third-order valence-corrected chi connectivity index (χ3v) is 5.51. The van der Waals surface area contributed by atoms with Gasteiger partial charge in [-0.15, -0.1) is 11.3 Å². The number of hydrogen-bond donors (Lipinski definition) is 2. The van der Waals surface area contributed by atoms with E-state index in [1.807, 2.05) is 0 Å². The number of carboxylic acids is 1. The molecule has 0 aliphatic heterocycles. The molecule has 6 nitrogen and oxygen atoms in total. The van der Waals surface area contributed by atoms with Crippen LogP contribution in [0.4, 0.5) is 0 Å². The predicted molar refractivity (Wildman–Crippen MR) is 73.5 cm³/mol. The van der Waals surface area contributed by atoms with Crippen molar-refractivity contribution in [1.82, 2.24) is 4.72 Å². The molecule has 0 saturated heterocycles. The van der Waals surface area contributed by atoms with Crippen LogP contribution in [0.25, 0.3) is 0 Å². The maximum absolute atomic E-state index is 12.3. The van der Waals surface area contributed by atoms with Crippen molar-refractivity contribution >= 4 is 27.3 Å². The van der Waals surface area contributed by atoms with Gasteiger partial charge in [0.1, 0.15) is 10.6 Å². The molecule has 0 aliphatic rings. The number of aryl methyl sites for hydroxylation is 1. The van der Waals surface area contributed by atoms with Gasteiger partial charge in [-0.3, -0.25) is 0 Å². The minimum absolute atomic E-state index is 0.00599. The fourth-order valence-electron chi connectivity index (χ4n) is 1.73. The molecule has 1 atom stereocenters. The summed E-state index contributed by atoms with van der Waals surface area (Å²) in [5, 5.41) is 8.90. The van der Waals surface area contributed by atoms with Crippen molar-refractivity contribution in [2.45, 2.75) is 24.8 Å². The lowest BCUT2D eigenvalue weighted by Crippen LogP contribution is -2.26. The average molecular weight is 315 g/mol. The Kier molecular flexibility index (Phi) is 3.98. The van der Waals surface area contributed by atoms with Gasteiger partial charge in [-0.25, -0.2) is 17.9 Å². The second kappa shape index (κ2) is 5.39. The molecule has 0 aliphatic carbocycles. The van der Waals surface area contributed by atoms with Crippen LogP contribution in [0.2, 0.25) is 0 Å². The highest BCUT2D eigenvalue weighted by Crippen LogP contribution is 2.27. The lowest BCUT2D eigenvalue weighted by Gasteiger charge is -2.11. The molecule has 0 unspecified atom stereocenters. The quantitative estimate of drug-likeness (QED) is 0.883. The van der Waals surface area contributed by atoms with E-state index in [-0.39, 0.29) is 9.77 Å². The summed E-state index contributed by atoms with van der Waals surface area (Å²) in [6.45, 7) is 3.22. The zero-order valence-electron chi connectivity index (χ0n) is 10.8. The van der Waals surface area contributed by atoms with E-state index in [0.29, 0.717) is 10.6 Å². The molecule has 0 fully saturated rings. The first-order valence-electron chi connectivity index (χ1n) is 5.70. The van der Waals surface area contributed by atoms with Gasteiger partial charge in [-0.05, 0) is 32.0 Å². The fraction of sp³-hybridized carbons (Fsp3) is 0.250. The smallest absolute Gasteiger partial charge is 0.345 e. The predicted octanol–water partition coefficient (Wildman–Crippen LogP) is 2.39. The Morgan fingerprint density at radius 3 is 2.70 bits per heavy atom. The molecule has 0 radical (unpaired) electrons. The molecule has 8 heteroatoms. The zero-order valence-corrected chi connectivity index (χ0v) is 12.4. The molecule has 2 aromatic heterocycles. The molecular weight excluding hydrogens is 302 g/mol. The second-order valence-electron chi connectivity index (χ2n) is 4.19. The van der Waals surface area contributed by atoms with Gasteiger partial charge in [0, 0.05) is 4.88 Å². The normalized spacial score (nSPS) is 13.3. The first-order chi connectivity index (χ1) is 9.31. The number of furan rings is 1. The molecule has 0 aromatic carbocycles.